The molecule has 0 N–H and O–H groups in total. The molecule has 0 aliphatic heterocycles. The Balaban J connectivity index is 3.07. The van der Waals surface area contributed by atoms with Gasteiger partial charge in [0.2, 0.25) is 0 Å². The summed E-state index contributed by atoms with van der Waals surface area (Å²) in [7, 11) is 3.25. The molecule has 0 saturated carbocycles. The molecule has 5 nitrogen and oxygen atoms in total. The number of rotatable bonds is 4. The van der Waals surface area contributed by atoms with Gasteiger partial charge in [0.1, 0.15) is 0 Å². The summed E-state index contributed by atoms with van der Waals surface area (Å²) in [5, 5.41) is 10.7. The molecule has 0 atom stereocenters. The van der Waals surface area contributed by atoms with Gasteiger partial charge in [-0.1, -0.05) is 30.3 Å². The van der Waals surface area contributed by atoms with Crippen LogP contribution in [0.4, 0.5) is 0 Å². The molecule has 1 rings (SSSR count). The van der Waals surface area contributed by atoms with E-state index < -0.39 is 16.4 Å². The topological polar surface area (TPSA) is 63.5 Å². The van der Waals surface area contributed by atoms with E-state index in [9.17, 15) is 14.9 Å². The molecule has 0 radical (unpaired) electrons. The first kappa shape index (κ1) is 11.9. The Bertz CT molecular complexity index is 424. The fourth-order valence-corrected chi connectivity index (χ4v) is 1.17. The second-order valence-corrected chi connectivity index (χ2v) is 3.43. The Hall–Kier alpha value is -2.17. The molecule has 16 heavy (non-hydrogen) atoms. The van der Waals surface area contributed by atoms with E-state index in [-0.39, 0.29) is 0 Å². The number of ketones is 1. The van der Waals surface area contributed by atoms with Gasteiger partial charge >= 0.3 is 5.70 Å². The van der Waals surface area contributed by atoms with E-state index in [4.69, 9.17) is 0 Å². The van der Waals surface area contributed by atoms with Gasteiger partial charge in [-0.15, -0.1) is 0 Å². The molecule has 0 aromatic heterocycles. The third kappa shape index (κ3) is 2.91. The molecule has 1 aromatic carbocycles. The number of hydrogen-bond acceptors (Lipinski definition) is 4. The molecule has 84 valence electrons. The Labute approximate surface area is 93.1 Å². The van der Waals surface area contributed by atoms with E-state index in [1.54, 1.807) is 44.4 Å². The molecule has 0 unspecified atom stereocenters. The van der Waals surface area contributed by atoms with E-state index in [1.165, 1.54) is 11.1 Å². The van der Waals surface area contributed by atoms with Gasteiger partial charge in [0.25, 0.3) is 5.78 Å². The van der Waals surface area contributed by atoms with Gasteiger partial charge in [-0.25, -0.2) is 0 Å². The van der Waals surface area contributed by atoms with E-state index in [0.29, 0.717) is 5.56 Å². The fourth-order valence-electron chi connectivity index (χ4n) is 1.17. The van der Waals surface area contributed by atoms with Crippen LogP contribution in [0.15, 0.2) is 42.2 Å². The summed E-state index contributed by atoms with van der Waals surface area (Å²) in [5.41, 5.74) is -0.122. The Morgan fingerprint density at radius 2 is 1.88 bits per heavy atom. The van der Waals surface area contributed by atoms with Crippen LogP contribution in [-0.4, -0.2) is 29.7 Å². The van der Waals surface area contributed by atoms with Crippen molar-refractivity contribution in [1.29, 1.82) is 0 Å². The molecular formula is C11H12N2O3. The maximum absolute atomic E-state index is 11.8. The number of nitro groups is 1. The summed E-state index contributed by atoms with van der Waals surface area (Å²) in [4.78, 5) is 23.3. The maximum atomic E-state index is 11.8. The molecule has 0 amide bonds. The summed E-state index contributed by atoms with van der Waals surface area (Å²) in [6, 6.07) is 8.18. The Morgan fingerprint density at radius 3 is 2.31 bits per heavy atom. The minimum absolute atomic E-state index is 0.312. The van der Waals surface area contributed by atoms with Gasteiger partial charge < -0.3 is 4.90 Å². The van der Waals surface area contributed by atoms with Crippen molar-refractivity contribution in [2.24, 2.45) is 0 Å². The van der Waals surface area contributed by atoms with Crippen LogP contribution in [0.3, 0.4) is 0 Å². The van der Waals surface area contributed by atoms with Crippen molar-refractivity contribution in [2.75, 3.05) is 14.1 Å². The minimum Gasteiger partial charge on any atom is -0.378 e. The van der Waals surface area contributed by atoms with E-state index >= 15 is 0 Å². The zero-order valence-electron chi connectivity index (χ0n) is 9.08. The normalized spacial score (nSPS) is 11.0. The van der Waals surface area contributed by atoms with Crippen molar-refractivity contribution >= 4 is 5.78 Å². The quantitative estimate of drug-likeness (QED) is 0.334. The first-order valence-electron chi connectivity index (χ1n) is 4.64. The van der Waals surface area contributed by atoms with Gasteiger partial charge in [0, 0.05) is 19.7 Å². The van der Waals surface area contributed by atoms with Crippen LogP contribution in [0.2, 0.25) is 0 Å². The standard InChI is InChI=1S/C11H12N2O3/c1-12(2)8-10(13(15)16)11(14)9-6-4-3-5-7-9/h3-8H,1-2H3. The molecule has 0 fully saturated rings. The largest absolute Gasteiger partial charge is 0.378 e. The van der Waals surface area contributed by atoms with Crippen LogP contribution in [0.25, 0.3) is 0 Å². The number of allylic oxidation sites excluding steroid dienone is 1. The zero-order chi connectivity index (χ0) is 12.1. The highest BCUT2D eigenvalue weighted by molar-refractivity contribution is 6.06. The second kappa shape index (κ2) is 5.06. The van der Waals surface area contributed by atoms with Gasteiger partial charge in [-0.2, -0.15) is 0 Å². The third-order valence-corrected chi connectivity index (χ3v) is 1.85. The Kier molecular flexibility index (Phi) is 3.77. The highest BCUT2D eigenvalue weighted by Crippen LogP contribution is 2.09. The average molecular weight is 220 g/mol. The van der Waals surface area contributed by atoms with E-state index in [2.05, 4.69) is 0 Å². The highest BCUT2D eigenvalue weighted by Gasteiger charge is 2.23. The number of hydrogen-bond donors (Lipinski definition) is 0. The van der Waals surface area contributed by atoms with Gasteiger partial charge in [0.05, 0.1) is 11.1 Å². The molecule has 0 spiro atoms. The molecule has 0 heterocycles. The highest BCUT2D eigenvalue weighted by atomic mass is 16.6. The van der Waals surface area contributed by atoms with E-state index in [0.717, 1.165) is 0 Å². The van der Waals surface area contributed by atoms with Crippen LogP contribution in [0.1, 0.15) is 10.4 Å². The summed E-state index contributed by atoms with van der Waals surface area (Å²) >= 11 is 0. The number of benzene rings is 1. The SMILES string of the molecule is CN(C)C=C(C(=O)c1ccccc1)[N+](=O)[O-]. The van der Waals surface area contributed by atoms with Crippen molar-refractivity contribution < 1.29 is 9.72 Å². The number of carbonyl (C=O) groups is 1. The smallest absolute Gasteiger partial charge is 0.332 e. The third-order valence-electron chi connectivity index (χ3n) is 1.85. The summed E-state index contributed by atoms with van der Waals surface area (Å²) in [6.07, 6.45) is 1.20. The second-order valence-electron chi connectivity index (χ2n) is 3.43. The van der Waals surface area contributed by atoms with Gasteiger partial charge in [-0.05, 0) is 0 Å². The average Bonchev–Trinajstić information content (AvgIpc) is 2.25. The molecular weight excluding hydrogens is 208 g/mol. The molecule has 0 aliphatic carbocycles. The maximum Gasteiger partial charge on any atom is 0.332 e. The lowest BCUT2D eigenvalue weighted by atomic mass is 10.1. The van der Waals surface area contributed by atoms with Crippen LogP contribution in [0, 0.1) is 10.1 Å². The van der Waals surface area contributed by atoms with Crippen molar-refractivity contribution in [2.45, 2.75) is 0 Å². The molecule has 1 aromatic rings. The van der Waals surface area contributed by atoms with Crippen LogP contribution < -0.4 is 0 Å². The minimum atomic E-state index is -0.671. The van der Waals surface area contributed by atoms with Gasteiger partial charge in [0.15, 0.2) is 0 Å². The first-order valence-corrected chi connectivity index (χ1v) is 4.64. The molecule has 0 aliphatic rings. The predicted octanol–water partition coefficient (Wildman–Crippen LogP) is 1.55. The van der Waals surface area contributed by atoms with Crippen molar-refractivity contribution in [1.82, 2.24) is 4.90 Å². The first-order chi connectivity index (χ1) is 7.52. The number of nitrogens with zero attached hydrogens (tertiary/aromatic N) is 2. The van der Waals surface area contributed by atoms with Crippen LogP contribution in [-0.2, 0) is 0 Å². The lowest BCUT2D eigenvalue weighted by Crippen LogP contribution is -2.16. The lowest BCUT2D eigenvalue weighted by Gasteiger charge is -2.04. The molecule has 5 heteroatoms. The van der Waals surface area contributed by atoms with Crippen molar-refractivity contribution in [3.63, 3.8) is 0 Å². The zero-order valence-corrected chi connectivity index (χ0v) is 9.08. The van der Waals surface area contributed by atoms with Crippen LogP contribution in [0.5, 0.6) is 0 Å². The number of carbonyl (C=O) groups excluding carboxylic acids is 1. The van der Waals surface area contributed by atoms with Gasteiger partial charge in [-0.3, -0.25) is 14.9 Å². The number of Topliss-reactive ketones (excluding diaryl/α,β-unsaturated/α-hetero) is 1. The predicted molar refractivity (Wildman–Crippen MR) is 59.5 cm³/mol. The lowest BCUT2D eigenvalue weighted by molar-refractivity contribution is -0.417. The molecule has 0 bridgehead atoms. The van der Waals surface area contributed by atoms with Crippen LogP contribution >= 0.6 is 0 Å². The summed E-state index contributed by atoms with van der Waals surface area (Å²) < 4.78 is 0. The summed E-state index contributed by atoms with van der Waals surface area (Å²) in [5.74, 6) is -0.584. The monoisotopic (exact) mass is 220 g/mol. The van der Waals surface area contributed by atoms with E-state index in [1.807, 2.05) is 0 Å². The Morgan fingerprint density at radius 1 is 1.31 bits per heavy atom. The van der Waals surface area contributed by atoms with Crippen molar-refractivity contribution in [3.8, 4) is 0 Å². The molecule has 0 saturated heterocycles. The van der Waals surface area contributed by atoms with Crippen molar-refractivity contribution in [3.05, 3.63) is 57.9 Å². The fraction of sp³-hybridized carbons (Fsp3) is 0.182. The summed E-state index contributed by atoms with van der Waals surface area (Å²) in [6.45, 7) is 0.